The molecule has 2 rings (SSSR count). The van der Waals surface area contributed by atoms with Crippen LogP contribution in [-0.2, 0) is 12.6 Å². The molecule has 0 saturated heterocycles. The first-order chi connectivity index (χ1) is 8.91. The van der Waals surface area contributed by atoms with Crippen molar-refractivity contribution in [3.63, 3.8) is 0 Å². The molecule has 1 heterocycles. The molecule has 0 aliphatic rings. The van der Waals surface area contributed by atoms with Gasteiger partial charge in [-0.25, -0.2) is 4.39 Å². The first-order valence-electron chi connectivity index (χ1n) is 5.74. The van der Waals surface area contributed by atoms with E-state index in [4.69, 9.17) is 0 Å². The molecule has 0 unspecified atom stereocenters. The number of alkyl halides is 3. The van der Waals surface area contributed by atoms with Crippen molar-refractivity contribution in [3.8, 4) is 11.3 Å². The lowest BCUT2D eigenvalue weighted by Crippen LogP contribution is -2.08. The zero-order valence-corrected chi connectivity index (χ0v) is 10.1. The van der Waals surface area contributed by atoms with Gasteiger partial charge in [-0.15, -0.1) is 0 Å². The number of pyridine rings is 1. The van der Waals surface area contributed by atoms with Gasteiger partial charge < -0.3 is 0 Å². The van der Waals surface area contributed by atoms with Crippen LogP contribution < -0.4 is 0 Å². The standard InChI is InChI=1S/C14H11F4N/c1-2-9-3-6-13(19-8-9)10-4-5-12(15)11(7-10)14(16,17)18/h3-8H,2H2,1H3. The third-order valence-corrected chi connectivity index (χ3v) is 2.80. The van der Waals surface area contributed by atoms with E-state index in [0.29, 0.717) is 5.69 Å². The first kappa shape index (κ1) is 13.5. The van der Waals surface area contributed by atoms with Crippen LogP contribution in [0.15, 0.2) is 36.5 Å². The van der Waals surface area contributed by atoms with Gasteiger partial charge in [-0.3, -0.25) is 4.98 Å². The average molecular weight is 269 g/mol. The summed E-state index contributed by atoms with van der Waals surface area (Å²) in [5.74, 6) is -1.28. The Morgan fingerprint density at radius 1 is 1.11 bits per heavy atom. The molecule has 19 heavy (non-hydrogen) atoms. The van der Waals surface area contributed by atoms with Gasteiger partial charge in [0, 0.05) is 11.8 Å². The van der Waals surface area contributed by atoms with Crippen molar-refractivity contribution >= 4 is 0 Å². The third kappa shape index (κ3) is 2.92. The second kappa shape index (κ2) is 4.99. The number of rotatable bonds is 2. The summed E-state index contributed by atoms with van der Waals surface area (Å²) in [4.78, 5) is 4.08. The molecule has 0 saturated carbocycles. The first-order valence-corrected chi connectivity index (χ1v) is 5.74. The Bertz CT molecular complexity index is 573. The molecule has 0 spiro atoms. The highest BCUT2D eigenvalue weighted by Gasteiger charge is 2.34. The molecule has 0 radical (unpaired) electrons. The molecule has 0 fully saturated rings. The fraction of sp³-hybridized carbons (Fsp3) is 0.214. The van der Waals surface area contributed by atoms with Gasteiger partial charge in [0.15, 0.2) is 0 Å². The summed E-state index contributed by atoms with van der Waals surface area (Å²) < 4.78 is 51.0. The van der Waals surface area contributed by atoms with Gasteiger partial charge >= 0.3 is 6.18 Å². The Kier molecular flexibility index (Phi) is 3.55. The van der Waals surface area contributed by atoms with Crippen molar-refractivity contribution in [2.24, 2.45) is 0 Å². The van der Waals surface area contributed by atoms with Crippen molar-refractivity contribution in [3.05, 3.63) is 53.5 Å². The van der Waals surface area contributed by atoms with Gasteiger partial charge in [0.2, 0.25) is 0 Å². The molecule has 1 aromatic heterocycles. The maximum Gasteiger partial charge on any atom is 0.419 e. The van der Waals surface area contributed by atoms with E-state index in [1.54, 1.807) is 18.3 Å². The number of hydrogen-bond acceptors (Lipinski definition) is 1. The van der Waals surface area contributed by atoms with Crippen LogP contribution in [0.1, 0.15) is 18.1 Å². The van der Waals surface area contributed by atoms with Gasteiger partial charge in [0.25, 0.3) is 0 Å². The maximum atomic E-state index is 13.2. The highest BCUT2D eigenvalue weighted by Crippen LogP contribution is 2.33. The van der Waals surface area contributed by atoms with Gasteiger partial charge in [0.05, 0.1) is 11.3 Å². The molecule has 0 amide bonds. The number of aryl methyl sites for hydroxylation is 1. The summed E-state index contributed by atoms with van der Waals surface area (Å²) in [6, 6.07) is 6.31. The summed E-state index contributed by atoms with van der Waals surface area (Å²) in [6.07, 6.45) is -2.31. The predicted molar refractivity (Wildman–Crippen MR) is 64.0 cm³/mol. The lowest BCUT2D eigenvalue weighted by molar-refractivity contribution is -0.139. The van der Waals surface area contributed by atoms with Crippen LogP contribution in [0.2, 0.25) is 0 Å². The van der Waals surface area contributed by atoms with Crippen molar-refractivity contribution in [2.45, 2.75) is 19.5 Å². The number of nitrogens with zero attached hydrogens (tertiary/aromatic N) is 1. The van der Waals surface area contributed by atoms with Crippen LogP contribution in [0, 0.1) is 5.82 Å². The fourth-order valence-electron chi connectivity index (χ4n) is 1.71. The lowest BCUT2D eigenvalue weighted by atomic mass is 10.1. The number of hydrogen-bond donors (Lipinski definition) is 0. The smallest absolute Gasteiger partial charge is 0.256 e. The SMILES string of the molecule is CCc1ccc(-c2ccc(F)c(C(F)(F)F)c2)nc1. The van der Waals surface area contributed by atoms with Gasteiger partial charge in [-0.2, -0.15) is 13.2 Å². The molecule has 1 nitrogen and oxygen atoms in total. The molecule has 5 heteroatoms. The molecule has 2 aromatic rings. The van der Waals surface area contributed by atoms with E-state index in [1.165, 1.54) is 6.07 Å². The van der Waals surface area contributed by atoms with E-state index >= 15 is 0 Å². The van der Waals surface area contributed by atoms with E-state index in [0.717, 1.165) is 24.1 Å². The molecule has 0 aliphatic carbocycles. The minimum Gasteiger partial charge on any atom is -0.256 e. The molecule has 1 aromatic carbocycles. The molecule has 100 valence electrons. The van der Waals surface area contributed by atoms with Crippen LogP contribution in [-0.4, -0.2) is 4.98 Å². The lowest BCUT2D eigenvalue weighted by Gasteiger charge is -2.10. The number of aromatic nitrogens is 1. The van der Waals surface area contributed by atoms with Crippen molar-refractivity contribution in [2.75, 3.05) is 0 Å². The highest BCUT2D eigenvalue weighted by atomic mass is 19.4. The minimum atomic E-state index is -4.70. The average Bonchev–Trinajstić information content (AvgIpc) is 2.38. The molecular weight excluding hydrogens is 258 g/mol. The van der Waals surface area contributed by atoms with E-state index in [1.807, 2.05) is 6.92 Å². The summed E-state index contributed by atoms with van der Waals surface area (Å²) >= 11 is 0. The normalized spacial score (nSPS) is 11.6. The monoisotopic (exact) mass is 269 g/mol. The zero-order valence-electron chi connectivity index (χ0n) is 10.1. The van der Waals surface area contributed by atoms with E-state index in [9.17, 15) is 17.6 Å². The second-order valence-electron chi connectivity index (χ2n) is 4.10. The maximum absolute atomic E-state index is 13.2. The van der Waals surface area contributed by atoms with Crippen LogP contribution in [0.25, 0.3) is 11.3 Å². The van der Waals surface area contributed by atoms with Crippen molar-refractivity contribution in [1.82, 2.24) is 4.98 Å². The van der Waals surface area contributed by atoms with E-state index in [2.05, 4.69) is 4.98 Å². The second-order valence-corrected chi connectivity index (χ2v) is 4.10. The Hall–Kier alpha value is -1.91. The van der Waals surface area contributed by atoms with Gasteiger partial charge in [-0.05, 0) is 36.2 Å². The number of benzene rings is 1. The largest absolute Gasteiger partial charge is 0.419 e. The van der Waals surface area contributed by atoms with Crippen LogP contribution in [0.3, 0.4) is 0 Å². The number of halogens is 4. The molecule has 0 bridgehead atoms. The van der Waals surface area contributed by atoms with Crippen molar-refractivity contribution in [1.29, 1.82) is 0 Å². The summed E-state index contributed by atoms with van der Waals surface area (Å²) in [7, 11) is 0. The van der Waals surface area contributed by atoms with Gasteiger partial charge in [0.1, 0.15) is 5.82 Å². The quantitative estimate of drug-likeness (QED) is 0.733. The van der Waals surface area contributed by atoms with Crippen LogP contribution in [0.5, 0.6) is 0 Å². The Labute approximate surface area is 107 Å². The zero-order chi connectivity index (χ0) is 14.0. The van der Waals surface area contributed by atoms with Gasteiger partial charge in [-0.1, -0.05) is 13.0 Å². The van der Waals surface area contributed by atoms with Crippen molar-refractivity contribution < 1.29 is 17.6 Å². The molecule has 0 N–H and O–H groups in total. The van der Waals surface area contributed by atoms with E-state index < -0.39 is 17.6 Å². The molecular formula is C14H11F4N. The molecule has 0 aliphatic heterocycles. The summed E-state index contributed by atoms with van der Waals surface area (Å²) in [5.41, 5.74) is 0.354. The van der Waals surface area contributed by atoms with Crippen LogP contribution >= 0.6 is 0 Å². The summed E-state index contributed by atoms with van der Waals surface area (Å²) in [5, 5.41) is 0. The predicted octanol–water partition coefficient (Wildman–Crippen LogP) is 4.47. The Balaban J connectivity index is 2.45. The fourth-order valence-corrected chi connectivity index (χ4v) is 1.71. The summed E-state index contributed by atoms with van der Waals surface area (Å²) in [6.45, 7) is 1.95. The van der Waals surface area contributed by atoms with E-state index in [-0.39, 0.29) is 5.56 Å². The topological polar surface area (TPSA) is 12.9 Å². The Morgan fingerprint density at radius 2 is 1.84 bits per heavy atom. The minimum absolute atomic E-state index is 0.247. The Morgan fingerprint density at radius 3 is 2.37 bits per heavy atom. The third-order valence-electron chi connectivity index (χ3n) is 2.80. The van der Waals surface area contributed by atoms with Crippen LogP contribution in [0.4, 0.5) is 17.6 Å². The highest BCUT2D eigenvalue weighted by molar-refractivity contribution is 5.60. The molecule has 0 atom stereocenters.